The van der Waals surface area contributed by atoms with Crippen molar-refractivity contribution in [3.8, 4) is 0 Å². The number of benzene rings is 1. The summed E-state index contributed by atoms with van der Waals surface area (Å²) in [6.07, 6.45) is 6.49. The number of ether oxygens (including phenoxy) is 4. The molecule has 0 radical (unpaired) electrons. The molecule has 186 valence electrons. The summed E-state index contributed by atoms with van der Waals surface area (Å²) in [6.45, 7) is 7.54. The third-order valence-corrected chi connectivity index (χ3v) is 10.5. The second-order valence-corrected chi connectivity index (χ2v) is 12.2. The third kappa shape index (κ3) is 9.19. The van der Waals surface area contributed by atoms with Crippen LogP contribution >= 0.6 is 0 Å². The number of epoxide rings is 2. The molecule has 3 fully saturated rings. The van der Waals surface area contributed by atoms with E-state index >= 15 is 0 Å². The minimum Gasteiger partial charge on any atom is -0.412 e. The van der Waals surface area contributed by atoms with Crippen LogP contribution in [0.5, 0.6) is 0 Å². The molecule has 1 aromatic rings. The molecule has 32 heavy (non-hydrogen) atoms. The van der Waals surface area contributed by atoms with Crippen molar-refractivity contribution >= 4 is 8.56 Å². The Morgan fingerprint density at radius 3 is 1.91 bits per heavy atom. The second-order valence-electron chi connectivity index (χ2n) is 8.42. The average Bonchev–Trinajstić information content (AvgIpc) is 3.72. The van der Waals surface area contributed by atoms with Gasteiger partial charge in [-0.1, -0.05) is 62.1 Å². The lowest BCUT2D eigenvalue weighted by Crippen LogP contribution is -2.64. The fourth-order valence-electron chi connectivity index (χ4n) is 4.12. The number of rotatable bonds is 9. The maximum Gasteiger partial charge on any atom is 0.370 e. The maximum atomic E-state index is 5.83. The maximum absolute atomic E-state index is 5.83. The smallest absolute Gasteiger partial charge is 0.370 e. The molecule has 4 rings (SSSR count). The van der Waals surface area contributed by atoms with Gasteiger partial charge in [0.05, 0.1) is 26.4 Å². The van der Waals surface area contributed by atoms with Crippen LogP contribution in [0.2, 0.25) is 6.04 Å². The Morgan fingerprint density at radius 2 is 1.53 bits per heavy atom. The number of hydrogen-bond acceptors (Lipinski definition) is 6. The SMILES string of the molecule is C(OCC1CO1)C1CO1.CCCC1(OC)CCCC[Si]1(OC)OC.Cc1ccccc1.O. The lowest BCUT2D eigenvalue weighted by molar-refractivity contribution is -0.0149. The highest BCUT2D eigenvalue weighted by molar-refractivity contribution is 6.70. The van der Waals surface area contributed by atoms with Gasteiger partial charge in [0.25, 0.3) is 0 Å². The molecular formula is C24H44O7Si. The van der Waals surface area contributed by atoms with Crippen molar-refractivity contribution in [1.29, 1.82) is 0 Å². The van der Waals surface area contributed by atoms with E-state index in [9.17, 15) is 0 Å². The zero-order valence-electron chi connectivity index (χ0n) is 20.6. The molecule has 1 aromatic carbocycles. The van der Waals surface area contributed by atoms with E-state index < -0.39 is 8.56 Å². The topological polar surface area (TPSA) is 93.5 Å². The summed E-state index contributed by atoms with van der Waals surface area (Å²) in [7, 11) is 3.22. The molecule has 3 aliphatic heterocycles. The van der Waals surface area contributed by atoms with Crippen molar-refractivity contribution in [2.75, 3.05) is 47.8 Å². The average molecular weight is 473 g/mol. The van der Waals surface area contributed by atoms with Gasteiger partial charge in [-0.05, 0) is 25.8 Å². The molecule has 0 bridgehead atoms. The third-order valence-electron chi connectivity index (χ3n) is 6.09. The van der Waals surface area contributed by atoms with Gasteiger partial charge in [0.15, 0.2) is 0 Å². The molecule has 0 aliphatic carbocycles. The first kappa shape index (κ1) is 29.2. The minimum atomic E-state index is -2.15. The predicted octanol–water partition coefficient (Wildman–Crippen LogP) is 3.60. The fraction of sp³-hybridized carbons (Fsp3) is 0.750. The molecule has 2 N–H and O–H groups in total. The van der Waals surface area contributed by atoms with Crippen LogP contribution in [0.15, 0.2) is 30.3 Å². The molecular weight excluding hydrogens is 428 g/mol. The summed E-state index contributed by atoms with van der Waals surface area (Å²) in [5.74, 6) is 0. The van der Waals surface area contributed by atoms with E-state index in [0.29, 0.717) is 12.2 Å². The standard InChI is InChI=1S/C11H24O3Si.C7H8.C6H10O3.H2O/c1-5-8-11(12-2)9-6-7-10-15(11,13-3)14-4;1-7-5-3-2-4-6-7;1(5-3-8-5)7-2-6-4-9-6;/h5-10H2,1-4H3;2-6H,1H3;5-6H,1-4H2;1H2. The first-order valence-electron chi connectivity index (χ1n) is 11.5. The van der Waals surface area contributed by atoms with Gasteiger partial charge in [0.1, 0.15) is 17.4 Å². The summed E-state index contributed by atoms with van der Waals surface area (Å²) in [5, 5.41) is -0.122. The summed E-state index contributed by atoms with van der Waals surface area (Å²) in [5.41, 5.74) is 1.32. The van der Waals surface area contributed by atoms with Gasteiger partial charge >= 0.3 is 8.56 Å². The molecule has 0 aromatic heterocycles. The summed E-state index contributed by atoms with van der Waals surface area (Å²) >= 11 is 0. The van der Waals surface area contributed by atoms with Gasteiger partial charge in [-0.2, -0.15) is 0 Å². The molecule has 8 heteroatoms. The molecule has 7 nitrogen and oxygen atoms in total. The lowest BCUT2D eigenvalue weighted by Gasteiger charge is -2.47. The van der Waals surface area contributed by atoms with Crippen molar-refractivity contribution in [3.05, 3.63) is 35.9 Å². The van der Waals surface area contributed by atoms with Crippen LogP contribution in [0.3, 0.4) is 0 Å². The molecule has 3 heterocycles. The van der Waals surface area contributed by atoms with Crippen molar-refractivity contribution in [1.82, 2.24) is 0 Å². The minimum absolute atomic E-state index is 0. The van der Waals surface area contributed by atoms with Crippen molar-refractivity contribution in [2.45, 2.75) is 69.4 Å². The summed E-state index contributed by atoms with van der Waals surface area (Å²) in [6, 6.07) is 11.3. The van der Waals surface area contributed by atoms with E-state index in [2.05, 4.69) is 26.0 Å². The van der Waals surface area contributed by atoms with E-state index in [0.717, 1.165) is 51.7 Å². The Morgan fingerprint density at radius 1 is 0.969 bits per heavy atom. The first-order valence-corrected chi connectivity index (χ1v) is 13.5. The van der Waals surface area contributed by atoms with Gasteiger partial charge < -0.3 is 33.3 Å². The predicted molar refractivity (Wildman–Crippen MR) is 128 cm³/mol. The van der Waals surface area contributed by atoms with Crippen LogP contribution in [-0.2, 0) is 27.8 Å². The lowest BCUT2D eigenvalue weighted by atomic mass is 10.1. The second kappa shape index (κ2) is 15.1. The highest BCUT2D eigenvalue weighted by Crippen LogP contribution is 2.42. The number of hydrogen-bond donors (Lipinski definition) is 0. The number of methoxy groups -OCH3 is 1. The van der Waals surface area contributed by atoms with Crippen molar-refractivity contribution in [2.24, 2.45) is 0 Å². The Kier molecular flexibility index (Phi) is 13.8. The van der Waals surface area contributed by atoms with Crippen molar-refractivity contribution in [3.63, 3.8) is 0 Å². The number of aryl methyl sites for hydroxylation is 1. The summed E-state index contributed by atoms with van der Waals surface area (Å²) in [4.78, 5) is 0. The van der Waals surface area contributed by atoms with Gasteiger partial charge in [-0.15, -0.1) is 0 Å². The van der Waals surface area contributed by atoms with Crippen LogP contribution in [0.4, 0.5) is 0 Å². The van der Waals surface area contributed by atoms with Gasteiger partial charge in [-0.25, -0.2) is 0 Å². The van der Waals surface area contributed by atoms with Crippen LogP contribution in [0.25, 0.3) is 0 Å². The van der Waals surface area contributed by atoms with Gasteiger partial charge in [0.2, 0.25) is 0 Å². The molecule has 3 aliphatic rings. The zero-order valence-corrected chi connectivity index (χ0v) is 21.6. The Hall–Kier alpha value is -0.843. The van der Waals surface area contributed by atoms with Crippen LogP contribution in [0.1, 0.15) is 44.6 Å². The van der Waals surface area contributed by atoms with Gasteiger partial charge in [0, 0.05) is 21.3 Å². The van der Waals surface area contributed by atoms with Crippen LogP contribution < -0.4 is 0 Å². The largest absolute Gasteiger partial charge is 0.412 e. The van der Waals surface area contributed by atoms with E-state index in [1.165, 1.54) is 18.4 Å². The van der Waals surface area contributed by atoms with E-state index in [1.54, 1.807) is 21.3 Å². The highest BCUT2D eigenvalue weighted by Gasteiger charge is 2.58. The molecule has 0 saturated carbocycles. The van der Waals surface area contributed by atoms with E-state index in [4.69, 9.17) is 27.8 Å². The monoisotopic (exact) mass is 472 g/mol. The molecule has 0 amide bonds. The van der Waals surface area contributed by atoms with Crippen LogP contribution in [-0.4, -0.2) is 79.2 Å². The van der Waals surface area contributed by atoms with Crippen molar-refractivity contribution < 1.29 is 33.3 Å². The van der Waals surface area contributed by atoms with E-state index in [1.807, 2.05) is 18.2 Å². The fourth-order valence-corrected chi connectivity index (χ4v) is 8.11. The molecule has 3 atom stereocenters. The Bertz CT molecular complexity index is 575. The quantitative estimate of drug-likeness (QED) is 0.403. The van der Waals surface area contributed by atoms with E-state index in [-0.39, 0.29) is 10.7 Å². The van der Waals surface area contributed by atoms with Gasteiger partial charge in [-0.3, -0.25) is 0 Å². The highest BCUT2D eigenvalue weighted by atomic mass is 28.4. The summed E-state index contributed by atoms with van der Waals surface area (Å²) < 4.78 is 32.5. The molecule has 3 saturated heterocycles. The van der Waals surface area contributed by atoms with Crippen LogP contribution in [0, 0.1) is 6.92 Å². The Labute approximate surface area is 195 Å². The normalized spacial score (nSPS) is 27.0. The first-order chi connectivity index (χ1) is 15.0. The Balaban J connectivity index is 0.000000256. The molecule has 0 spiro atoms. The zero-order chi connectivity index (χ0) is 22.6. The molecule has 3 unspecified atom stereocenters.